The molecular formula is C24H21ClN2O3. The van der Waals surface area contributed by atoms with Crippen LogP contribution in [0, 0.1) is 0 Å². The summed E-state index contributed by atoms with van der Waals surface area (Å²) in [5, 5.41) is 1.21. The highest BCUT2D eigenvalue weighted by Crippen LogP contribution is 2.46. The number of benzene rings is 2. The van der Waals surface area contributed by atoms with Gasteiger partial charge in [0.25, 0.3) is 0 Å². The maximum absolute atomic E-state index is 13.8. The van der Waals surface area contributed by atoms with E-state index in [0.29, 0.717) is 34.6 Å². The number of ether oxygens (including phenoxy) is 1. The molecule has 5 nitrogen and oxygen atoms in total. The van der Waals surface area contributed by atoms with Gasteiger partial charge in [0, 0.05) is 29.2 Å². The van der Waals surface area contributed by atoms with Crippen LogP contribution in [-0.4, -0.2) is 23.7 Å². The van der Waals surface area contributed by atoms with E-state index in [1.54, 1.807) is 19.1 Å². The lowest BCUT2D eigenvalue weighted by Gasteiger charge is -2.34. The predicted molar refractivity (Wildman–Crippen MR) is 118 cm³/mol. The Hall–Kier alpha value is -3.05. The molecule has 1 aromatic heterocycles. The summed E-state index contributed by atoms with van der Waals surface area (Å²) in [6.45, 7) is 5.42. The molecule has 0 N–H and O–H groups in total. The van der Waals surface area contributed by atoms with Crippen molar-refractivity contribution in [1.29, 1.82) is 0 Å². The third-order valence-corrected chi connectivity index (χ3v) is 6.27. The summed E-state index contributed by atoms with van der Waals surface area (Å²) >= 11 is 6.25. The Labute approximate surface area is 179 Å². The molecule has 0 fully saturated rings. The van der Waals surface area contributed by atoms with Crippen molar-refractivity contribution in [2.75, 3.05) is 18.1 Å². The van der Waals surface area contributed by atoms with Crippen molar-refractivity contribution in [3.8, 4) is 0 Å². The van der Waals surface area contributed by atoms with Crippen LogP contribution in [0.1, 0.15) is 30.9 Å². The first-order chi connectivity index (χ1) is 14.5. The Morgan fingerprint density at radius 3 is 2.67 bits per heavy atom. The smallest absolute Gasteiger partial charge is 0.336 e. The van der Waals surface area contributed by atoms with Crippen LogP contribution in [0.15, 0.2) is 64.6 Å². The number of allylic oxidation sites excluding steroid dienone is 1. The van der Waals surface area contributed by atoms with Crippen LogP contribution in [0.3, 0.4) is 0 Å². The van der Waals surface area contributed by atoms with Crippen molar-refractivity contribution in [1.82, 2.24) is 4.57 Å². The van der Waals surface area contributed by atoms with Gasteiger partial charge in [-0.1, -0.05) is 41.9 Å². The third-order valence-electron chi connectivity index (χ3n) is 6.04. The summed E-state index contributed by atoms with van der Waals surface area (Å²) in [6.07, 6.45) is 0. The molecule has 3 aromatic rings. The minimum absolute atomic E-state index is 0.0667. The number of hydrogen-bond acceptors (Lipinski definition) is 4. The Bertz CT molecular complexity index is 1280. The van der Waals surface area contributed by atoms with E-state index < -0.39 is 5.92 Å². The second-order valence-corrected chi connectivity index (χ2v) is 8.03. The maximum Gasteiger partial charge on any atom is 0.336 e. The SMILES string of the molecule is CCOC(=O)C1=C(C)N2CCn3c2c(c(=O)c2ccc(Cl)cc23)[C@H]1c1ccccc1. The fourth-order valence-corrected chi connectivity index (χ4v) is 4.95. The number of rotatable bonds is 3. The minimum Gasteiger partial charge on any atom is -0.463 e. The second kappa shape index (κ2) is 7.03. The molecule has 0 radical (unpaired) electrons. The first kappa shape index (κ1) is 18.9. The number of anilines is 1. The van der Waals surface area contributed by atoms with E-state index in [9.17, 15) is 9.59 Å². The summed E-state index contributed by atoms with van der Waals surface area (Å²) < 4.78 is 7.57. The van der Waals surface area contributed by atoms with Gasteiger partial charge in [-0.3, -0.25) is 4.79 Å². The molecule has 3 heterocycles. The highest BCUT2D eigenvalue weighted by Gasteiger charge is 2.42. The van der Waals surface area contributed by atoms with Crippen molar-refractivity contribution in [2.24, 2.45) is 0 Å². The number of nitrogens with zero attached hydrogens (tertiary/aromatic N) is 2. The number of aromatic nitrogens is 1. The van der Waals surface area contributed by atoms with Crippen molar-refractivity contribution in [2.45, 2.75) is 26.3 Å². The van der Waals surface area contributed by atoms with Crippen LogP contribution < -0.4 is 10.3 Å². The first-order valence-electron chi connectivity index (χ1n) is 10.1. The van der Waals surface area contributed by atoms with Gasteiger partial charge in [0.2, 0.25) is 0 Å². The average Bonchev–Trinajstić information content (AvgIpc) is 3.19. The number of fused-ring (bicyclic) bond motifs is 2. The first-order valence-corrected chi connectivity index (χ1v) is 10.5. The number of halogens is 1. The lowest BCUT2D eigenvalue weighted by Crippen LogP contribution is -2.35. The number of esters is 1. The Morgan fingerprint density at radius 2 is 1.93 bits per heavy atom. The molecule has 2 aliphatic rings. The number of hydrogen-bond donors (Lipinski definition) is 0. The van der Waals surface area contributed by atoms with E-state index in [2.05, 4.69) is 9.47 Å². The molecule has 0 amide bonds. The normalized spacial score (nSPS) is 17.4. The highest BCUT2D eigenvalue weighted by atomic mass is 35.5. The molecule has 6 heteroatoms. The van der Waals surface area contributed by atoms with E-state index in [4.69, 9.17) is 16.3 Å². The van der Waals surface area contributed by atoms with E-state index in [1.165, 1.54) is 0 Å². The van der Waals surface area contributed by atoms with Gasteiger partial charge in [-0.25, -0.2) is 4.79 Å². The van der Waals surface area contributed by atoms with Crippen LogP contribution in [-0.2, 0) is 16.1 Å². The molecule has 5 rings (SSSR count). The highest BCUT2D eigenvalue weighted by molar-refractivity contribution is 6.31. The zero-order valence-electron chi connectivity index (χ0n) is 16.8. The van der Waals surface area contributed by atoms with Crippen LogP contribution >= 0.6 is 11.6 Å². The van der Waals surface area contributed by atoms with Gasteiger partial charge in [-0.15, -0.1) is 0 Å². The van der Waals surface area contributed by atoms with Gasteiger partial charge in [-0.2, -0.15) is 0 Å². The molecule has 1 atom stereocenters. The Balaban J connectivity index is 1.89. The standard InChI is InChI=1S/C24H21ClN2O3/c1-3-30-24(29)19-14(2)26-11-12-27-18-13-16(25)9-10-17(18)22(28)21(23(26)27)20(19)15-7-5-4-6-8-15/h4-10,13,20H,3,11-12H2,1-2H3/t20-/m0/s1. The Morgan fingerprint density at radius 1 is 1.17 bits per heavy atom. The quantitative estimate of drug-likeness (QED) is 0.587. The molecule has 2 aliphatic heterocycles. The summed E-state index contributed by atoms with van der Waals surface area (Å²) in [6, 6.07) is 15.1. The van der Waals surface area contributed by atoms with E-state index >= 15 is 0 Å². The lowest BCUT2D eigenvalue weighted by atomic mass is 9.80. The van der Waals surface area contributed by atoms with E-state index in [1.807, 2.05) is 43.3 Å². The number of carbonyl (C=O) groups is 1. The molecule has 0 bridgehead atoms. The van der Waals surface area contributed by atoms with Crippen molar-refractivity contribution >= 4 is 34.3 Å². The Kier molecular flexibility index (Phi) is 4.44. The van der Waals surface area contributed by atoms with E-state index in [-0.39, 0.29) is 18.0 Å². The van der Waals surface area contributed by atoms with Crippen LogP contribution in [0.4, 0.5) is 5.82 Å². The molecule has 30 heavy (non-hydrogen) atoms. The molecular weight excluding hydrogens is 400 g/mol. The van der Waals surface area contributed by atoms with Gasteiger partial charge in [-0.05, 0) is 37.6 Å². The van der Waals surface area contributed by atoms with Crippen molar-refractivity contribution in [3.63, 3.8) is 0 Å². The van der Waals surface area contributed by atoms with E-state index in [0.717, 1.165) is 22.6 Å². The fraction of sp³-hybridized carbons (Fsp3) is 0.250. The van der Waals surface area contributed by atoms with Crippen molar-refractivity contribution in [3.05, 3.63) is 86.2 Å². The van der Waals surface area contributed by atoms with Gasteiger partial charge in [0.1, 0.15) is 5.82 Å². The van der Waals surface area contributed by atoms with Crippen LogP contribution in [0.5, 0.6) is 0 Å². The molecule has 0 aliphatic carbocycles. The summed E-state index contributed by atoms with van der Waals surface area (Å²) in [4.78, 5) is 28.9. The molecule has 2 aromatic carbocycles. The fourth-order valence-electron chi connectivity index (χ4n) is 4.79. The molecule has 0 saturated heterocycles. The van der Waals surface area contributed by atoms with Gasteiger partial charge < -0.3 is 14.2 Å². The van der Waals surface area contributed by atoms with Gasteiger partial charge >= 0.3 is 5.97 Å². The zero-order chi connectivity index (χ0) is 21.0. The third kappa shape index (κ3) is 2.62. The van der Waals surface area contributed by atoms with Crippen LogP contribution in [0.2, 0.25) is 5.02 Å². The summed E-state index contributed by atoms with van der Waals surface area (Å²) in [5.41, 5.74) is 3.66. The molecule has 0 unspecified atom stereocenters. The van der Waals surface area contributed by atoms with Gasteiger partial charge in [0.15, 0.2) is 5.43 Å². The molecule has 0 spiro atoms. The maximum atomic E-state index is 13.8. The minimum atomic E-state index is -0.478. The summed E-state index contributed by atoms with van der Waals surface area (Å²) in [7, 11) is 0. The molecule has 152 valence electrons. The number of pyridine rings is 1. The second-order valence-electron chi connectivity index (χ2n) is 7.59. The molecule has 0 saturated carbocycles. The van der Waals surface area contributed by atoms with Crippen LogP contribution in [0.25, 0.3) is 10.9 Å². The largest absolute Gasteiger partial charge is 0.463 e. The average molecular weight is 421 g/mol. The lowest BCUT2D eigenvalue weighted by molar-refractivity contribution is -0.138. The topological polar surface area (TPSA) is 51.5 Å². The van der Waals surface area contributed by atoms with Crippen molar-refractivity contribution < 1.29 is 9.53 Å². The van der Waals surface area contributed by atoms with Gasteiger partial charge in [0.05, 0.1) is 29.2 Å². The summed E-state index contributed by atoms with van der Waals surface area (Å²) in [5.74, 6) is 0.00570. The predicted octanol–water partition coefficient (Wildman–Crippen LogP) is 4.46. The monoisotopic (exact) mass is 420 g/mol. The number of carbonyl (C=O) groups excluding carboxylic acids is 1. The zero-order valence-corrected chi connectivity index (χ0v) is 17.6.